The summed E-state index contributed by atoms with van der Waals surface area (Å²) in [6, 6.07) is 5.93. The lowest BCUT2D eigenvalue weighted by Gasteiger charge is -2.41. The average Bonchev–Trinajstić information content (AvgIpc) is 2.55. The van der Waals surface area contributed by atoms with Crippen molar-refractivity contribution < 1.29 is 4.39 Å². The van der Waals surface area contributed by atoms with Crippen LogP contribution in [0.5, 0.6) is 0 Å². The van der Waals surface area contributed by atoms with Gasteiger partial charge in [0.15, 0.2) is 0 Å². The van der Waals surface area contributed by atoms with Crippen LogP contribution in [-0.4, -0.2) is 37.1 Å². The van der Waals surface area contributed by atoms with Crippen molar-refractivity contribution in [3.8, 4) is 0 Å². The molecule has 0 aliphatic carbocycles. The maximum atomic E-state index is 14.2. The molecular formula is C17H26FN3. The molecule has 3 nitrogen and oxygen atoms in total. The molecule has 0 bridgehead atoms. The molecule has 0 atom stereocenters. The fourth-order valence-corrected chi connectivity index (χ4v) is 3.82. The van der Waals surface area contributed by atoms with Gasteiger partial charge in [-0.3, -0.25) is 0 Å². The number of piperidine rings is 2. The highest BCUT2D eigenvalue weighted by atomic mass is 19.1. The summed E-state index contributed by atoms with van der Waals surface area (Å²) in [5.74, 6) is -0.130. The number of hydrogen-bond acceptors (Lipinski definition) is 3. The van der Waals surface area contributed by atoms with E-state index in [2.05, 4.69) is 9.80 Å². The maximum absolute atomic E-state index is 14.2. The van der Waals surface area contributed by atoms with E-state index in [1.807, 2.05) is 6.07 Å². The van der Waals surface area contributed by atoms with Gasteiger partial charge in [0, 0.05) is 25.7 Å². The van der Waals surface area contributed by atoms with Crippen LogP contribution in [0, 0.1) is 5.82 Å². The van der Waals surface area contributed by atoms with Crippen molar-refractivity contribution >= 4 is 5.69 Å². The van der Waals surface area contributed by atoms with Crippen molar-refractivity contribution in [1.29, 1.82) is 0 Å². The third kappa shape index (κ3) is 3.22. The van der Waals surface area contributed by atoms with Gasteiger partial charge >= 0.3 is 0 Å². The van der Waals surface area contributed by atoms with Gasteiger partial charge in [0.2, 0.25) is 0 Å². The summed E-state index contributed by atoms with van der Waals surface area (Å²) >= 11 is 0. The number of nitrogens with two attached hydrogens (primary N) is 1. The van der Waals surface area contributed by atoms with Crippen LogP contribution in [0.4, 0.5) is 10.1 Å². The van der Waals surface area contributed by atoms with E-state index in [1.165, 1.54) is 32.4 Å². The molecule has 0 amide bonds. The van der Waals surface area contributed by atoms with E-state index in [9.17, 15) is 4.39 Å². The number of para-hydroxylation sites is 1. The molecule has 2 aliphatic heterocycles. The van der Waals surface area contributed by atoms with Crippen molar-refractivity contribution in [2.24, 2.45) is 5.73 Å². The van der Waals surface area contributed by atoms with Crippen LogP contribution >= 0.6 is 0 Å². The van der Waals surface area contributed by atoms with Gasteiger partial charge in [-0.25, -0.2) is 4.39 Å². The number of nitrogens with zero attached hydrogens (tertiary/aromatic N) is 2. The molecule has 0 aromatic heterocycles. The van der Waals surface area contributed by atoms with Crippen molar-refractivity contribution in [3.05, 3.63) is 29.6 Å². The van der Waals surface area contributed by atoms with Gasteiger partial charge in [0.25, 0.3) is 0 Å². The van der Waals surface area contributed by atoms with Crippen molar-refractivity contribution in [1.82, 2.24) is 4.90 Å². The first-order valence-electron chi connectivity index (χ1n) is 8.26. The summed E-state index contributed by atoms with van der Waals surface area (Å²) in [5, 5.41) is 0. The summed E-state index contributed by atoms with van der Waals surface area (Å²) < 4.78 is 14.2. The van der Waals surface area contributed by atoms with Crippen molar-refractivity contribution in [3.63, 3.8) is 0 Å². The van der Waals surface area contributed by atoms with Gasteiger partial charge in [-0.1, -0.05) is 18.6 Å². The summed E-state index contributed by atoms with van der Waals surface area (Å²) in [5.41, 5.74) is 7.42. The lowest BCUT2D eigenvalue weighted by atomic mass is 9.98. The highest BCUT2D eigenvalue weighted by Gasteiger charge is 2.27. The first-order chi connectivity index (χ1) is 10.3. The van der Waals surface area contributed by atoms with Gasteiger partial charge in [0.05, 0.1) is 5.69 Å². The van der Waals surface area contributed by atoms with Crippen LogP contribution < -0.4 is 10.6 Å². The lowest BCUT2D eigenvalue weighted by molar-refractivity contribution is 0.141. The normalized spacial score (nSPS) is 21.7. The molecule has 0 radical (unpaired) electrons. The van der Waals surface area contributed by atoms with E-state index in [1.54, 1.807) is 12.1 Å². The number of likely N-dealkylation sites (tertiary alicyclic amines) is 1. The standard InChI is InChI=1S/C17H26FN3/c18-16-6-4-5-14(13-19)17(16)21-11-7-15(8-12-21)20-9-2-1-3-10-20/h4-6,15H,1-3,7-13,19H2. The SMILES string of the molecule is NCc1cccc(F)c1N1CCC(N2CCCCC2)CC1. The predicted molar refractivity (Wildman–Crippen MR) is 85.0 cm³/mol. The van der Waals surface area contributed by atoms with Crippen LogP contribution in [0.25, 0.3) is 0 Å². The van der Waals surface area contributed by atoms with E-state index in [4.69, 9.17) is 5.73 Å². The first-order valence-corrected chi connectivity index (χ1v) is 8.26. The Hall–Kier alpha value is -1.13. The smallest absolute Gasteiger partial charge is 0.146 e. The van der Waals surface area contributed by atoms with Gasteiger partial charge in [-0.05, 0) is 50.4 Å². The number of halogens is 1. The zero-order valence-electron chi connectivity index (χ0n) is 12.7. The van der Waals surface area contributed by atoms with Gasteiger partial charge in [-0.15, -0.1) is 0 Å². The molecule has 21 heavy (non-hydrogen) atoms. The van der Waals surface area contributed by atoms with E-state index < -0.39 is 0 Å². The third-order valence-corrected chi connectivity index (χ3v) is 4.98. The molecule has 2 N–H and O–H groups in total. The van der Waals surface area contributed by atoms with E-state index in [0.29, 0.717) is 12.6 Å². The fourth-order valence-electron chi connectivity index (χ4n) is 3.82. The number of benzene rings is 1. The zero-order chi connectivity index (χ0) is 14.7. The highest BCUT2D eigenvalue weighted by molar-refractivity contribution is 5.55. The molecule has 2 heterocycles. The Bertz CT molecular complexity index is 463. The van der Waals surface area contributed by atoms with Crippen LogP contribution in [0.3, 0.4) is 0 Å². The highest BCUT2D eigenvalue weighted by Crippen LogP contribution is 2.29. The van der Waals surface area contributed by atoms with Crippen molar-refractivity contribution in [2.75, 3.05) is 31.1 Å². The Morgan fingerprint density at radius 3 is 2.43 bits per heavy atom. The molecule has 2 aliphatic rings. The Labute approximate surface area is 126 Å². The van der Waals surface area contributed by atoms with E-state index >= 15 is 0 Å². The van der Waals surface area contributed by atoms with Gasteiger partial charge in [-0.2, -0.15) is 0 Å². The average molecular weight is 291 g/mol. The quantitative estimate of drug-likeness (QED) is 0.929. The number of anilines is 1. The van der Waals surface area contributed by atoms with Gasteiger partial charge in [0.1, 0.15) is 5.82 Å². The molecule has 0 unspecified atom stereocenters. The molecular weight excluding hydrogens is 265 g/mol. The van der Waals surface area contributed by atoms with E-state index in [-0.39, 0.29) is 5.82 Å². The molecule has 1 aromatic rings. The lowest BCUT2D eigenvalue weighted by Crippen LogP contribution is -2.47. The summed E-state index contributed by atoms with van der Waals surface area (Å²) in [4.78, 5) is 4.84. The molecule has 2 saturated heterocycles. The Kier molecular flexibility index (Phi) is 4.76. The number of hydrogen-bond donors (Lipinski definition) is 1. The molecule has 3 rings (SSSR count). The minimum atomic E-state index is -0.130. The third-order valence-electron chi connectivity index (χ3n) is 4.98. The monoisotopic (exact) mass is 291 g/mol. The first kappa shape index (κ1) is 14.8. The topological polar surface area (TPSA) is 32.5 Å². The molecule has 1 aromatic carbocycles. The van der Waals surface area contributed by atoms with Crippen LogP contribution in [0.15, 0.2) is 18.2 Å². The summed E-state index contributed by atoms with van der Waals surface area (Å²) in [6.45, 7) is 4.78. The van der Waals surface area contributed by atoms with Crippen LogP contribution in [-0.2, 0) is 6.54 Å². The van der Waals surface area contributed by atoms with Crippen molar-refractivity contribution in [2.45, 2.75) is 44.7 Å². The summed E-state index contributed by atoms with van der Waals surface area (Å²) in [7, 11) is 0. The minimum Gasteiger partial charge on any atom is -0.369 e. The Morgan fingerprint density at radius 1 is 1.05 bits per heavy atom. The Morgan fingerprint density at radius 2 is 1.76 bits per heavy atom. The molecule has 0 saturated carbocycles. The molecule has 116 valence electrons. The number of rotatable bonds is 3. The second-order valence-corrected chi connectivity index (χ2v) is 6.27. The molecule has 2 fully saturated rings. The maximum Gasteiger partial charge on any atom is 0.146 e. The fraction of sp³-hybridized carbons (Fsp3) is 0.647. The molecule has 0 spiro atoms. The van der Waals surface area contributed by atoms with Gasteiger partial charge < -0.3 is 15.5 Å². The van der Waals surface area contributed by atoms with Crippen LogP contribution in [0.2, 0.25) is 0 Å². The van der Waals surface area contributed by atoms with Crippen LogP contribution in [0.1, 0.15) is 37.7 Å². The largest absolute Gasteiger partial charge is 0.369 e. The second kappa shape index (κ2) is 6.75. The zero-order valence-corrected chi connectivity index (χ0v) is 12.7. The Balaban J connectivity index is 1.65. The molecule has 4 heteroatoms. The predicted octanol–water partition coefficient (Wildman–Crippen LogP) is 2.74. The summed E-state index contributed by atoms with van der Waals surface area (Å²) in [6.07, 6.45) is 6.33. The minimum absolute atomic E-state index is 0.130. The van der Waals surface area contributed by atoms with E-state index in [0.717, 1.165) is 37.2 Å². The second-order valence-electron chi connectivity index (χ2n) is 6.27.